The molecule has 0 saturated carbocycles. The third-order valence-corrected chi connectivity index (χ3v) is 8.81. The summed E-state index contributed by atoms with van der Waals surface area (Å²) in [5.41, 5.74) is -1.63. The quantitative estimate of drug-likeness (QED) is 0.0876. The number of amides is 1. The van der Waals surface area contributed by atoms with Gasteiger partial charge in [-0.15, -0.1) is 0 Å². The van der Waals surface area contributed by atoms with E-state index >= 15 is 0 Å². The third kappa shape index (κ3) is 11.8. The summed E-state index contributed by atoms with van der Waals surface area (Å²) in [5.74, 6) is -0.139. The lowest BCUT2D eigenvalue weighted by Gasteiger charge is -2.22. The lowest BCUT2D eigenvalue weighted by atomic mass is 10.1. The van der Waals surface area contributed by atoms with Gasteiger partial charge in [0.25, 0.3) is 5.56 Å². The number of phosphoric ester groups is 1. The molecule has 1 saturated heterocycles. The van der Waals surface area contributed by atoms with E-state index < -0.39 is 65.9 Å². The Morgan fingerprint density at radius 1 is 1.08 bits per heavy atom. The first-order valence-electron chi connectivity index (χ1n) is 11.3. The van der Waals surface area contributed by atoms with Gasteiger partial charge in [-0.25, -0.2) is 18.5 Å². The SMILES string of the molecule is CC(=O)NCCCCCCOC1C(O)C(COP(=O)(O)OP(=O)(O)OP(=O)(O)O)OC1n1ccc(=O)[nH]c1=O. The number of carbonyl (C=O) groups is 1. The van der Waals surface area contributed by atoms with E-state index in [1.165, 1.54) is 6.92 Å². The molecule has 6 atom stereocenters. The lowest BCUT2D eigenvalue weighted by Crippen LogP contribution is -2.39. The van der Waals surface area contributed by atoms with Gasteiger partial charge in [-0.1, -0.05) is 12.8 Å². The molecule has 22 heteroatoms. The van der Waals surface area contributed by atoms with Crippen molar-refractivity contribution in [3.8, 4) is 0 Å². The number of carbonyl (C=O) groups excluding carboxylic acids is 1. The second kappa shape index (κ2) is 14.4. The minimum Gasteiger partial charge on any atom is -0.387 e. The van der Waals surface area contributed by atoms with E-state index in [1.54, 1.807) is 0 Å². The molecule has 1 fully saturated rings. The van der Waals surface area contributed by atoms with Gasteiger partial charge < -0.3 is 39.5 Å². The Morgan fingerprint density at radius 2 is 1.74 bits per heavy atom. The molecule has 6 unspecified atom stereocenters. The fourth-order valence-electron chi connectivity index (χ4n) is 3.42. The predicted molar refractivity (Wildman–Crippen MR) is 128 cm³/mol. The van der Waals surface area contributed by atoms with Crippen LogP contribution in [0.5, 0.6) is 0 Å². The Kier molecular flexibility index (Phi) is 12.4. The average Bonchev–Trinajstić information content (AvgIpc) is 3.06. The maximum Gasteiger partial charge on any atom is 0.490 e. The molecule has 1 aromatic rings. The molecule has 224 valence electrons. The van der Waals surface area contributed by atoms with Crippen LogP contribution in [0, 0.1) is 0 Å². The first-order valence-corrected chi connectivity index (χ1v) is 15.8. The minimum absolute atomic E-state index is 0.0857. The molecule has 1 amide bonds. The first-order chi connectivity index (χ1) is 18.0. The maximum absolute atomic E-state index is 12.3. The number of phosphoric acid groups is 3. The van der Waals surface area contributed by atoms with E-state index in [9.17, 15) is 43.0 Å². The molecule has 0 spiro atoms. The van der Waals surface area contributed by atoms with Crippen LogP contribution >= 0.6 is 23.5 Å². The van der Waals surface area contributed by atoms with Crippen LogP contribution in [0.2, 0.25) is 0 Å². The van der Waals surface area contributed by atoms with Crippen LogP contribution in [0.25, 0.3) is 0 Å². The molecular formula is C17H30N3O16P3. The second-order valence-corrected chi connectivity index (χ2v) is 12.6. The van der Waals surface area contributed by atoms with Gasteiger partial charge in [0.15, 0.2) is 6.23 Å². The summed E-state index contributed by atoms with van der Waals surface area (Å²) in [5, 5.41) is 13.4. The summed E-state index contributed by atoms with van der Waals surface area (Å²) in [6, 6.07) is 1.00. The van der Waals surface area contributed by atoms with E-state index in [0.29, 0.717) is 19.4 Å². The maximum atomic E-state index is 12.3. The fourth-order valence-corrected chi connectivity index (χ4v) is 6.45. The molecule has 1 aliphatic heterocycles. The largest absolute Gasteiger partial charge is 0.490 e. The molecule has 39 heavy (non-hydrogen) atoms. The zero-order valence-electron chi connectivity index (χ0n) is 20.4. The Labute approximate surface area is 220 Å². The van der Waals surface area contributed by atoms with Crippen molar-refractivity contribution in [3.05, 3.63) is 33.1 Å². The standard InChI is InChI=1S/C17H30N3O16P3/c1-11(21)18-7-4-2-3-5-9-32-15-14(23)12(34-16(15)20-8-6-13(22)19-17(20)24)10-33-38(28,29)36-39(30,31)35-37(25,26)27/h6,8,12,14-16,23H,2-5,7,9-10H2,1H3,(H,18,21)(H,28,29)(H,30,31)(H,19,22,24)(H2,25,26,27). The second-order valence-electron chi connectivity index (χ2n) is 8.19. The highest BCUT2D eigenvalue weighted by molar-refractivity contribution is 7.66. The average molecular weight is 625 g/mol. The highest BCUT2D eigenvalue weighted by Gasteiger charge is 2.48. The molecule has 1 aromatic heterocycles. The number of unbranched alkanes of at least 4 members (excludes halogenated alkanes) is 3. The van der Waals surface area contributed by atoms with Crippen molar-refractivity contribution in [2.24, 2.45) is 0 Å². The molecule has 1 aliphatic rings. The zero-order valence-corrected chi connectivity index (χ0v) is 23.1. The van der Waals surface area contributed by atoms with Crippen LogP contribution < -0.4 is 16.6 Å². The van der Waals surface area contributed by atoms with E-state index in [0.717, 1.165) is 29.7 Å². The van der Waals surface area contributed by atoms with Crippen molar-refractivity contribution >= 4 is 29.4 Å². The summed E-state index contributed by atoms with van der Waals surface area (Å²) in [6.07, 6.45) is -1.90. The van der Waals surface area contributed by atoms with Gasteiger partial charge in [-0.3, -0.25) is 23.7 Å². The highest BCUT2D eigenvalue weighted by atomic mass is 31.3. The van der Waals surface area contributed by atoms with Crippen LogP contribution in [0.1, 0.15) is 38.8 Å². The summed E-state index contributed by atoms with van der Waals surface area (Å²) < 4.78 is 58.2. The monoisotopic (exact) mass is 625 g/mol. The number of ether oxygens (including phenoxy) is 2. The number of hydrogen-bond acceptors (Lipinski definition) is 12. The van der Waals surface area contributed by atoms with Crippen LogP contribution in [0.3, 0.4) is 0 Å². The van der Waals surface area contributed by atoms with Crippen molar-refractivity contribution in [2.45, 2.75) is 57.1 Å². The Hall–Kier alpha value is -1.56. The molecular weight excluding hydrogens is 595 g/mol. The van der Waals surface area contributed by atoms with Crippen LogP contribution in [-0.2, 0) is 41.1 Å². The van der Waals surface area contributed by atoms with Crippen LogP contribution in [0.15, 0.2) is 21.9 Å². The van der Waals surface area contributed by atoms with Crippen LogP contribution in [0.4, 0.5) is 0 Å². The normalized spacial score (nSPS) is 24.7. The van der Waals surface area contributed by atoms with Gasteiger partial charge in [0.1, 0.15) is 18.3 Å². The Morgan fingerprint density at radius 3 is 2.36 bits per heavy atom. The van der Waals surface area contributed by atoms with E-state index in [1.807, 2.05) is 4.98 Å². The Bertz CT molecular complexity index is 1230. The topological polar surface area (TPSA) is 282 Å². The van der Waals surface area contributed by atoms with Gasteiger partial charge >= 0.3 is 29.2 Å². The third-order valence-electron chi connectivity index (χ3n) is 5.01. The number of nitrogens with one attached hydrogen (secondary N) is 2. The zero-order chi connectivity index (χ0) is 29.4. The number of H-pyrrole nitrogens is 1. The molecule has 0 aliphatic carbocycles. The molecule has 2 rings (SSSR count). The molecule has 0 radical (unpaired) electrons. The van der Waals surface area contributed by atoms with Crippen molar-refractivity contribution in [1.29, 1.82) is 0 Å². The highest BCUT2D eigenvalue weighted by Crippen LogP contribution is 2.66. The van der Waals surface area contributed by atoms with Crippen molar-refractivity contribution in [2.75, 3.05) is 19.8 Å². The number of aromatic amines is 1. The number of rotatable bonds is 16. The summed E-state index contributed by atoms with van der Waals surface area (Å²) in [7, 11) is -16.9. The smallest absolute Gasteiger partial charge is 0.387 e. The number of aromatic nitrogens is 2. The fraction of sp³-hybridized carbons (Fsp3) is 0.706. The number of hydrogen-bond donors (Lipinski definition) is 7. The predicted octanol–water partition coefficient (Wildman–Crippen LogP) is -0.780. The molecule has 2 heterocycles. The van der Waals surface area contributed by atoms with Crippen molar-refractivity contribution in [1.82, 2.24) is 14.9 Å². The number of nitrogens with zero attached hydrogens (tertiary/aromatic N) is 1. The van der Waals surface area contributed by atoms with Gasteiger partial charge in [0, 0.05) is 32.3 Å². The van der Waals surface area contributed by atoms with E-state index in [-0.39, 0.29) is 12.5 Å². The molecule has 19 nitrogen and oxygen atoms in total. The molecule has 0 aromatic carbocycles. The number of aliphatic hydroxyl groups is 1. The first kappa shape index (κ1) is 33.6. The van der Waals surface area contributed by atoms with Crippen molar-refractivity contribution < 1.29 is 65.8 Å². The van der Waals surface area contributed by atoms with E-state index in [4.69, 9.17) is 19.3 Å². The minimum atomic E-state index is -5.76. The number of aliphatic hydroxyl groups excluding tert-OH is 1. The summed E-state index contributed by atoms with van der Waals surface area (Å²) in [4.78, 5) is 72.7. The van der Waals surface area contributed by atoms with Gasteiger partial charge in [-0.05, 0) is 12.8 Å². The molecule has 0 bridgehead atoms. The van der Waals surface area contributed by atoms with E-state index in [2.05, 4.69) is 18.5 Å². The molecule has 7 N–H and O–H groups in total. The van der Waals surface area contributed by atoms with Gasteiger partial charge in [-0.2, -0.15) is 8.62 Å². The van der Waals surface area contributed by atoms with Gasteiger partial charge in [0.05, 0.1) is 6.61 Å². The summed E-state index contributed by atoms with van der Waals surface area (Å²) >= 11 is 0. The van der Waals surface area contributed by atoms with Crippen molar-refractivity contribution in [3.63, 3.8) is 0 Å². The lowest BCUT2D eigenvalue weighted by molar-refractivity contribution is -0.118. The van der Waals surface area contributed by atoms with Crippen LogP contribution in [-0.4, -0.2) is 78.2 Å². The Balaban J connectivity index is 2.04. The van der Waals surface area contributed by atoms with Gasteiger partial charge in [0.2, 0.25) is 5.91 Å². The summed E-state index contributed by atoms with van der Waals surface area (Å²) in [6.45, 7) is 1.02.